The highest BCUT2D eigenvalue weighted by Gasteiger charge is 2.38. The van der Waals surface area contributed by atoms with Crippen molar-refractivity contribution in [2.24, 2.45) is 5.92 Å². The maximum Gasteiger partial charge on any atom is 0.235 e. The predicted octanol–water partition coefficient (Wildman–Crippen LogP) is 3.99. The van der Waals surface area contributed by atoms with E-state index in [1.807, 2.05) is 24.0 Å². The number of likely N-dealkylation sites (tertiary alicyclic amines) is 1. The topological polar surface area (TPSA) is 90.0 Å². The largest absolute Gasteiger partial charge is 0.508 e. The van der Waals surface area contributed by atoms with Crippen molar-refractivity contribution in [1.82, 2.24) is 15.1 Å². The number of aromatic hydroxyl groups is 1. The van der Waals surface area contributed by atoms with E-state index in [1.54, 1.807) is 6.07 Å². The first-order valence-electron chi connectivity index (χ1n) is 13.4. The highest BCUT2D eigenvalue weighted by molar-refractivity contribution is 6.04. The van der Waals surface area contributed by atoms with Gasteiger partial charge in [0.25, 0.3) is 0 Å². The molecule has 0 aromatic heterocycles. The van der Waals surface area contributed by atoms with Crippen LogP contribution in [0, 0.1) is 5.92 Å². The monoisotopic (exact) mass is 485 g/mol. The Hall–Kier alpha value is -2.41. The Morgan fingerprint density at radius 2 is 1.91 bits per heavy atom. The van der Waals surface area contributed by atoms with E-state index < -0.39 is 5.91 Å². The van der Waals surface area contributed by atoms with Crippen molar-refractivity contribution in [2.75, 3.05) is 26.2 Å². The van der Waals surface area contributed by atoms with Gasteiger partial charge in [-0.3, -0.25) is 19.7 Å². The second kappa shape index (κ2) is 12.5. The lowest BCUT2D eigenvalue weighted by Gasteiger charge is -2.46. The third kappa shape index (κ3) is 7.29. The number of hydrogen-bond acceptors (Lipinski definition) is 5. The number of amides is 3. The van der Waals surface area contributed by atoms with Gasteiger partial charge in [0.2, 0.25) is 17.7 Å². The van der Waals surface area contributed by atoms with E-state index in [1.165, 1.54) is 12.0 Å². The van der Waals surface area contributed by atoms with Gasteiger partial charge in [0, 0.05) is 32.1 Å². The van der Waals surface area contributed by atoms with Gasteiger partial charge >= 0.3 is 0 Å². The van der Waals surface area contributed by atoms with Crippen LogP contribution in [0.15, 0.2) is 24.3 Å². The van der Waals surface area contributed by atoms with E-state index in [-0.39, 0.29) is 29.7 Å². The van der Waals surface area contributed by atoms with Crippen LogP contribution in [0.4, 0.5) is 0 Å². The van der Waals surface area contributed by atoms with Gasteiger partial charge in [0.15, 0.2) is 0 Å². The normalized spacial score (nSPS) is 23.6. The van der Waals surface area contributed by atoms with Crippen LogP contribution < -0.4 is 5.32 Å². The SMILES string of the molecule is CCCC(=O)NC(=O)CC(=O)N(CCN1CCC(C)(c2cccc(O)c2)C(C)C1)C1CCCCC1. The summed E-state index contributed by atoms with van der Waals surface area (Å²) in [7, 11) is 0. The summed E-state index contributed by atoms with van der Waals surface area (Å²) in [6, 6.07) is 7.78. The molecule has 0 radical (unpaired) electrons. The third-order valence-corrected chi connectivity index (χ3v) is 8.13. The first kappa shape index (κ1) is 27.2. The van der Waals surface area contributed by atoms with E-state index in [0.29, 0.717) is 31.1 Å². The zero-order chi connectivity index (χ0) is 25.4. The molecule has 0 spiro atoms. The van der Waals surface area contributed by atoms with Crippen molar-refractivity contribution in [3.05, 3.63) is 29.8 Å². The van der Waals surface area contributed by atoms with Gasteiger partial charge < -0.3 is 14.9 Å². The molecule has 2 fully saturated rings. The lowest BCUT2D eigenvalue weighted by molar-refractivity contribution is -0.139. The van der Waals surface area contributed by atoms with Gasteiger partial charge in [-0.2, -0.15) is 0 Å². The number of imide groups is 1. The lowest BCUT2D eigenvalue weighted by Crippen LogP contribution is -2.51. The Balaban J connectivity index is 1.59. The molecular weight excluding hydrogens is 442 g/mol. The van der Waals surface area contributed by atoms with Crippen LogP contribution in [0.3, 0.4) is 0 Å². The van der Waals surface area contributed by atoms with Gasteiger partial charge in [-0.25, -0.2) is 0 Å². The maximum absolute atomic E-state index is 13.2. The number of phenols is 1. The zero-order valence-corrected chi connectivity index (χ0v) is 21.7. The Morgan fingerprint density at radius 1 is 1.17 bits per heavy atom. The van der Waals surface area contributed by atoms with Gasteiger partial charge in [-0.05, 0) is 61.3 Å². The quantitative estimate of drug-likeness (QED) is 0.516. The summed E-state index contributed by atoms with van der Waals surface area (Å²) in [5.41, 5.74) is 1.17. The van der Waals surface area contributed by atoms with Gasteiger partial charge in [0.05, 0.1) is 0 Å². The molecule has 2 aliphatic rings. The third-order valence-electron chi connectivity index (χ3n) is 8.13. The summed E-state index contributed by atoms with van der Waals surface area (Å²) in [6.07, 6.45) is 7.05. The first-order chi connectivity index (χ1) is 16.7. The first-order valence-corrected chi connectivity index (χ1v) is 13.4. The molecule has 194 valence electrons. The molecule has 1 saturated carbocycles. The molecule has 2 N–H and O–H groups in total. The van der Waals surface area contributed by atoms with Crippen LogP contribution in [0.5, 0.6) is 5.75 Å². The second-order valence-electron chi connectivity index (χ2n) is 10.7. The highest BCUT2D eigenvalue weighted by Crippen LogP contribution is 2.40. The van der Waals surface area contributed by atoms with E-state index in [2.05, 4.69) is 30.1 Å². The molecule has 1 heterocycles. The minimum atomic E-state index is -0.497. The molecule has 35 heavy (non-hydrogen) atoms. The molecule has 7 heteroatoms. The number of rotatable bonds is 9. The van der Waals surface area contributed by atoms with Crippen LogP contribution in [-0.4, -0.2) is 64.8 Å². The molecular formula is C28H43N3O4. The summed E-state index contributed by atoms with van der Waals surface area (Å²) < 4.78 is 0. The fraction of sp³-hybridized carbons (Fsp3) is 0.679. The Bertz CT molecular complexity index is 883. The maximum atomic E-state index is 13.2. The van der Waals surface area contributed by atoms with E-state index in [4.69, 9.17) is 0 Å². The molecule has 1 aromatic carbocycles. The number of benzene rings is 1. The van der Waals surface area contributed by atoms with Crippen LogP contribution in [0.2, 0.25) is 0 Å². The Kier molecular flexibility index (Phi) is 9.72. The average Bonchev–Trinajstić information content (AvgIpc) is 2.82. The van der Waals surface area contributed by atoms with Crippen molar-refractivity contribution < 1.29 is 19.5 Å². The molecule has 3 amide bonds. The second-order valence-corrected chi connectivity index (χ2v) is 10.7. The van der Waals surface area contributed by atoms with Gasteiger partial charge in [-0.1, -0.05) is 52.2 Å². The molecule has 2 unspecified atom stereocenters. The van der Waals surface area contributed by atoms with Crippen LogP contribution >= 0.6 is 0 Å². The summed E-state index contributed by atoms with van der Waals surface area (Å²) >= 11 is 0. The smallest absolute Gasteiger partial charge is 0.235 e. The number of piperidine rings is 1. The molecule has 1 aliphatic carbocycles. The number of hydrogen-bond donors (Lipinski definition) is 2. The molecule has 0 bridgehead atoms. The number of carbonyl (C=O) groups excluding carboxylic acids is 3. The van der Waals surface area contributed by atoms with E-state index in [9.17, 15) is 19.5 Å². The van der Waals surface area contributed by atoms with Crippen LogP contribution in [-0.2, 0) is 19.8 Å². The lowest BCUT2D eigenvalue weighted by atomic mass is 9.68. The summed E-state index contributed by atoms with van der Waals surface area (Å²) in [5.74, 6) is -0.282. The number of nitrogens with one attached hydrogen (secondary N) is 1. The summed E-state index contributed by atoms with van der Waals surface area (Å²) in [4.78, 5) is 41.6. The highest BCUT2D eigenvalue weighted by atomic mass is 16.3. The minimum absolute atomic E-state index is 0.00275. The van der Waals surface area contributed by atoms with Crippen molar-refractivity contribution in [2.45, 2.75) is 90.0 Å². The Morgan fingerprint density at radius 3 is 2.57 bits per heavy atom. The standard InChI is InChI=1S/C28H43N3O4/c1-4-9-25(33)29-26(34)19-27(35)31(23-11-6-5-7-12-23)17-16-30-15-14-28(3,21(2)20-30)22-10-8-13-24(32)18-22/h8,10,13,18,21,23,32H,4-7,9,11-12,14-17,19-20H2,1-3H3,(H,29,33,34). The zero-order valence-electron chi connectivity index (χ0n) is 21.7. The summed E-state index contributed by atoms with van der Waals surface area (Å²) in [6.45, 7) is 9.65. The molecule has 1 aliphatic heterocycles. The molecule has 7 nitrogen and oxygen atoms in total. The van der Waals surface area contributed by atoms with Crippen molar-refractivity contribution in [3.8, 4) is 5.75 Å². The predicted molar refractivity (Wildman–Crippen MR) is 137 cm³/mol. The Labute approximate surface area is 210 Å². The molecule has 2 atom stereocenters. The number of phenolic OH excluding ortho intramolecular Hbond substituents is 1. The van der Waals surface area contributed by atoms with Gasteiger partial charge in [-0.15, -0.1) is 0 Å². The fourth-order valence-electron chi connectivity index (χ4n) is 5.69. The van der Waals surface area contributed by atoms with Crippen LogP contribution in [0.25, 0.3) is 0 Å². The molecule has 1 saturated heterocycles. The molecule has 3 rings (SSSR count). The van der Waals surface area contributed by atoms with Crippen molar-refractivity contribution in [3.63, 3.8) is 0 Å². The van der Waals surface area contributed by atoms with Gasteiger partial charge in [0.1, 0.15) is 12.2 Å². The number of nitrogens with zero attached hydrogens (tertiary/aromatic N) is 2. The minimum Gasteiger partial charge on any atom is -0.508 e. The fourth-order valence-corrected chi connectivity index (χ4v) is 5.69. The van der Waals surface area contributed by atoms with Crippen LogP contribution in [0.1, 0.15) is 84.1 Å². The molecule has 1 aromatic rings. The summed E-state index contributed by atoms with van der Waals surface area (Å²) in [5, 5.41) is 12.3. The average molecular weight is 486 g/mol. The van der Waals surface area contributed by atoms with Crippen molar-refractivity contribution in [1.29, 1.82) is 0 Å². The number of carbonyl (C=O) groups is 3. The van der Waals surface area contributed by atoms with E-state index in [0.717, 1.165) is 51.7 Å². The van der Waals surface area contributed by atoms with Crippen molar-refractivity contribution >= 4 is 17.7 Å². The van der Waals surface area contributed by atoms with E-state index >= 15 is 0 Å².